The Kier molecular flexibility index (Phi) is 2.15. The Balaban J connectivity index is 2.61. The second-order valence-corrected chi connectivity index (χ2v) is 4.56. The number of carbonyl (C=O) groups is 1. The first kappa shape index (κ1) is 9.40. The van der Waals surface area contributed by atoms with Gasteiger partial charge in [0.15, 0.2) is 0 Å². The lowest BCUT2D eigenvalue weighted by Gasteiger charge is -2.08. The van der Waals surface area contributed by atoms with Gasteiger partial charge in [0.25, 0.3) is 5.91 Å². The van der Waals surface area contributed by atoms with Crippen LogP contribution in [0.25, 0.3) is 0 Å². The number of carbonyl (C=O) groups excluding carboxylic acids is 1. The molecule has 0 radical (unpaired) electrons. The highest BCUT2D eigenvalue weighted by Gasteiger charge is 2.23. The van der Waals surface area contributed by atoms with Gasteiger partial charge < -0.3 is 5.73 Å². The topological polar surface area (TPSA) is 55.4 Å². The number of nitrogens with zero attached hydrogens (tertiary/aromatic N) is 1. The molecule has 74 valence electrons. The molecule has 0 aliphatic carbocycles. The van der Waals surface area contributed by atoms with Crippen LogP contribution >= 0.6 is 11.3 Å². The zero-order chi connectivity index (χ0) is 10.3. The fourth-order valence-electron chi connectivity index (χ4n) is 1.79. The van der Waals surface area contributed by atoms with E-state index in [4.69, 9.17) is 5.73 Å². The molecule has 0 bridgehead atoms. The zero-order valence-corrected chi connectivity index (χ0v) is 9.07. The van der Waals surface area contributed by atoms with Crippen molar-refractivity contribution in [2.24, 2.45) is 10.7 Å². The van der Waals surface area contributed by atoms with Crippen molar-refractivity contribution in [2.75, 3.05) is 0 Å². The third-order valence-corrected chi connectivity index (χ3v) is 3.89. The van der Waals surface area contributed by atoms with Crippen molar-refractivity contribution in [2.45, 2.75) is 26.7 Å². The van der Waals surface area contributed by atoms with E-state index >= 15 is 0 Å². The molecule has 2 heterocycles. The number of hydrogen-bond acceptors (Lipinski definition) is 3. The maximum Gasteiger partial charge on any atom is 0.252 e. The van der Waals surface area contributed by atoms with Crippen molar-refractivity contribution in [3.05, 3.63) is 20.9 Å². The molecule has 0 unspecified atom stereocenters. The standard InChI is InChI=1S/C10H12N2OS/c1-3-6-5(2)9-7(14-6)4-8(13)12-10(9)11/h3-4H2,1-2H3,(H2,11,12,13). The maximum absolute atomic E-state index is 11.2. The van der Waals surface area contributed by atoms with Crippen LogP contribution in [0, 0.1) is 6.92 Å². The van der Waals surface area contributed by atoms with E-state index in [1.165, 1.54) is 10.4 Å². The maximum atomic E-state index is 11.2. The van der Waals surface area contributed by atoms with Gasteiger partial charge in [-0.1, -0.05) is 6.92 Å². The van der Waals surface area contributed by atoms with Crippen LogP contribution in [-0.2, 0) is 17.6 Å². The molecule has 2 rings (SSSR count). The summed E-state index contributed by atoms with van der Waals surface area (Å²) in [4.78, 5) is 17.4. The van der Waals surface area contributed by atoms with E-state index in [9.17, 15) is 4.79 Å². The number of amides is 1. The number of aryl methyl sites for hydroxylation is 1. The quantitative estimate of drug-likeness (QED) is 0.758. The van der Waals surface area contributed by atoms with Gasteiger partial charge in [0.2, 0.25) is 0 Å². The van der Waals surface area contributed by atoms with E-state index in [-0.39, 0.29) is 5.91 Å². The van der Waals surface area contributed by atoms with Gasteiger partial charge in [-0.2, -0.15) is 4.99 Å². The van der Waals surface area contributed by atoms with Gasteiger partial charge in [-0.25, -0.2) is 0 Å². The summed E-state index contributed by atoms with van der Waals surface area (Å²) < 4.78 is 0. The van der Waals surface area contributed by atoms with E-state index in [1.807, 2.05) is 6.92 Å². The van der Waals surface area contributed by atoms with Gasteiger partial charge in [0.1, 0.15) is 5.84 Å². The molecule has 0 fully saturated rings. The first-order valence-electron chi connectivity index (χ1n) is 4.62. The van der Waals surface area contributed by atoms with Crippen LogP contribution in [0.15, 0.2) is 4.99 Å². The minimum Gasteiger partial charge on any atom is -0.383 e. The van der Waals surface area contributed by atoms with Gasteiger partial charge in [0, 0.05) is 15.3 Å². The van der Waals surface area contributed by atoms with Gasteiger partial charge >= 0.3 is 0 Å². The molecule has 1 aromatic heterocycles. The summed E-state index contributed by atoms with van der Waals surface area (Å²) in [6.45, 7) is 4.16. The van der Waals surface area contributed by atoms with Crippen molar-refractivity contribution in [1.82, 2.24) is 0 Å². The Labute approximate surface area is 86.7 Å². The van der Waals surface area contributed by atoms with Crippen molar-refractivity contribution in [3.63, 3.8) is 0 Å². The first-order valence-corrected chi connectivity index (χ1v) is 5.43. The predicted molar refractivity (Wildman–Crippen MR) is 57.9 cm³/mol. The summed E-state index contributed by atoms with van der Waals surface area (Å²) in [5.41, 5.74) is 7.94. The van der Waals surface area contributed by atoms with Crippen LogP contribution < -0.4 is 5.73 Å². The summed E-state index contributed by atoms with van der Waals surface area (Å²) >= 11 is 1.69. The number of nitrogens with two attached hydrogens (primary N) is 1. The third kappa shape index (κ3) is 1.26. The predicted octanol–water partition coefficient (Wildman–Crippen LogP) is 1.41. The molecular weight excluding hydrogens is 196 g/mol. The zero-order valence-electron chi connectivity index (χ0n) is 8.26. The van der Waals surface area contributed by atoms with Crippen LogP contribution in [0.4, 0.5) is 0 Å². The van der Waals surface area contributed by atoms with Crippen LogP contribution in [0.1, 0.15) is 27.8 Å². The molecule has 1 amide bonds. The van der Waals surface area contributed by atoms with E-state index < -0.39 is 0 Å². The second kappa shape index (κ2) is 3.20. The van der Waals surface area contributed by atoms with E-state index in [0.717, 1.165) is 16.9 Å². The molecular formula is C10H12N2OS. The minimum absolute atomic E-state index is 0.126. The minimum atomic E-state index is -0.126. The molecule has 1 aliphatic rings. The number of fused-ring (bicyclic) bond motifs is 1. The smallest absolute Gasteiger partial charge is 0.252 e. The Morgan fingerprint density at radius 1 is 1.57 bits per heavy atom. The van der Waals surface area contributed by atoms with E-state index in [0.29, 0.717) is 12.3 Å². The molecule has 0 aromatic carbocycles. The number of thiophene rings is 1. The number of hydrogen-bond donors (Lipinski definition) is 1. The van der Waals surface area contributed by atoms with Crippen LogP contribution in [-0.4, -0.2) is 11.7 Å². The second-order valence-electron chi connectivity index (χ2n) is 3.37. The van der Waals surface area contributed by atoms with Crippen molar-refractivity contribution < 1.29 is 4.79 Å². The number of amidine groups is 1. The molecule has 0 spiro atoms. The average Bonchev–Trinajstić information content (AvgIpc) is 2.42. The highest BCUT2D eigenvalue weighted by atomic mass is 32.1. The normalized spacial score (nSPS) is 15.3. The van der Waals surface area contributed by atoms with E-state index in [2.05, 4.69) is 11.9 Å². The van der Waals surface area contributed by atoms with Gasteiger partial charge in [0.05, 0.1) is 6.42 Å². The van der Waals surface area contributed by atoms with Crippen molar-refractivity contribution >= 4 is 23.1 Å². The largest absolute Gasteiger partial charge is 0.383 e. The van der Waals surface area contributed by atoms with Crippen molar-refractivity contribution in [3.8, 4) is 0 Å². The Hall–Kier alpha value is -1.16. The van der Waals surface area contributed by atoms with Crippen LogP contribution in [0.2, 0.25) is 0 Å². The molecule has 0 saturated heterocycles. The van der Waals surface area contributed by atoms with Crippen LogP contribution in [0.5, 0.6) is 0 Å². The third-order valence-electron chi connectivity index (χ3n) is 2.45. The Bertz CT molecular complexity index is 432. The summed E-state index contributed by atoms with van der Waals surface area (Å²) in [6, 6.07) is 0. The highest BCUT2D eigenvalue weighted by molar-refractivity contribution is 7.12. The fourth-order valence-corrected chi connectivity index (χ4v) is 3.04. The van der Waals surface area contributed by atoms with Crippen molar-refractivity contribution in [1.29, 1.82) is 0 Å². The monoisotopic (exact) mass is 208 g/mol. The lowest BCUT2D eigenvalue weighted by atomic mass is 10.0. The summed E-state index contributed by atoms with van der Waals surface area (Å²) in [6.07, 6.45) is 1.41. The van der Waals surface area contributed by atoms with Gasteiger partial charge in [-0.05, 0) is 18.9 Å². The summed E-state index contributed by atoms with van der Waals surface area (Å²) in [5.74, 6) is 0.267. The molecule has 0 saturated carbocycles. The Morgan fingerprint density at radius 2 is 2.29 bits per heavy atom. The van der Waals surface area contributed by atoms with Gasteiger partial charge in [-0.15, -0.1) is 11.3 Å². The fraction of sp³-hybridized carbons (Fsp3) is 0.400. The summed E-state index contributed by atoms with van der Waals surface area (Å²) in [7, 11) is 0. The van der Waals surface area contributed by atoms with Gasteiger partial charge in [-0.3, -0.25) is 4.79 Å². The molecule has 0 atom stereocenters. The summed E-state index contributed by atoms with van der Waals surface area (Å²) in [5, 5.41) is 0. The number of rotatable bonds is 1. The highest BCUT2D eigenvalue weighted by Crippen LogP contribution is 2.30. The first-order chi connectivity index (χ1) is 6.63. The SMILES string of the molecule is CCc1sc2c(c1C)C(N)=NC(=O)C2. The molecule has 14 heavy (non-hydrogen) atoms. The van der Waals surface area contributed by atoms with E-state index in [1.54, 1.807) is 11.3 Å². The molecule has 2 N–H and O–H groups in total. The average molecular weight is 208 g/mol. The lowest BCUT2D eigenvalue weighted by Crippen LogP contribution is -2.22. The lowest BCUT2D eigenvalue weighted by molar-refractivity contribution is -0.117. The molecule has 3 nitrogen and oxygen atoms in total. The van der Waals surface area contributed by atoms with Crippen LogP contribution in [0.3, 0.4) is 0 Å². The molecule has 1 aromatic rings. The number of aliphatic imine (C=N–C) groups is 1. The Morgan fingerprint density at radius 3 is 2.93 bits per heavy atom. The molecule has 1 aliphatic heterocycles. The molecule has 4 heteroatoms.